The molecule has 1 amide bonds. The maximum atomic E-state index is 12.2. The number of amides is 1. The van der Waals surface area contributed by atoms with E-state index in [-0.39, 0.29) is 11.9 Å². The predicted octanol–water partition coefficient (Wildman–Crippen LogP) is 1.91. The molecule has 0 saturated heterocycles. The van der Waals surface area contributed by atoms with Gasteiger partial charge in [-0.3, -0.25) is 9.48 Å². The first-order valence-electron chi connectivity index (χ1n) is 7.88. The maximum Gasteiger partial charge on any atom is 0.342 e. The fraction of sp³-hybridized carbons (Fsp3) is 0.688. The zero-order chi connectivity index (χ0) is 16.3. The average Bonchev–Trinajstić information content (AvgIpc) is 2.90. The monoisotopic (exact) mass is 307 g/mol. The Bertz CT molecular complexity index is 540. The summed E-state index contributed by atoms with van der Waals surface area (Å²) < 4.78 is 6.73. The largest absolute Gasteiger partial charge is 0.449 e. The fourth-order valence-electron chi connectivity index (χ4n) is 2.89. The summed E-state index contributed by atoms with van der Waals surface area (Å²) in [7, 11) is 1.72. The van der Waals surface area contributed by atoms with Gasteiger partial charge in [0.05, 0.1) is 11.8 Å². The van der Waals surface area contributed by atoms with Crippen molar-refractivity contribution in [3.8, 4) is 0 Å². The Kier molecular flexibility index (Phi) is 5.21. The second kappa shape index (κ2) is 6.94. The van der Waals surface area contributed by atoms with Crippen LogP contribution in [0.5, 0.6) is 0 Å². The Morgan fingerprint density at radius 2 is 2.14 bits per heavy atom. The van der Waals surface area contributed by atoms with Gasteiger partial charge in [-0.2, -0.15) is 5.10 Å². The lowest BCUT2D eigenvalue weighted by Gasteiger charge is -2.35. The summed E-state index contributed by atoms with van der Waals surface area (Å²) in [6.07, 6.45) is 5.51. The SMILES string of the molecule is C[C@H]1[C@H](C)CCC[C@H]1NC(=O)[C@H](C)OC(=O)c1cnn(C)c1. The molecule has 0 bridgehead atoms. The number of hydrogen-bond acceptors (Lipinski definition) is 4. The third-order valence-electron chi connectivity index (χ3n) is 4.63. The Hall–Kier alpha value is -1.85. The molecule has 1 aliphatic carbocycles. The number of esters is 1. The molecule has 22 heavy (non-hydrogen) atoms. The zero-order valence-electron chi connectivity index (χ0n) is 13.7. The molecule has 1 aromatic rings. The van der Waals surface area contributed by atoms with Crippen LogP contribution in [0.15, 0.2) is 12.4 Å². The molecule has 0 aromatic carbocycles. The van der Waals surface area contributed by atoms with Crippen molar-refractivity contribution in [2.75, 3.05) is 0 Å². The number of ether oxygens (including phenoxy) is 1. The van der Waals surface area contributed by atoms with Gasteiger partial charge < -0.3 is 10.1 Å². The highest BCUT2D eigenvalue weighted by atomic mass is 16.5. The van der Waals surface area contributed by atoms with Gasteiger partial charge in [0.1, 0.15) is 0 Å². The molecule has 1 aromatic heterocycles. The summed E-state index contributed by atoms with van der Waals surface area (Å²) in [5.41, 5.74) is 0.349. The van der Waals surface area contributed by atoms with Crippen molar-refractivity contribution in [2.24, 2.45) is 18.9 Å². The summed E-state index contributed by atoms with van der Waals surface area (Å²) >= 11 is 0. The summed E-state index contributed by atoms with van der Waals surface area (Å²) in [6.45, 7) is 5.98. The molecule has 0 radical (unpaired) electrons. The molecule has 0 unspecified atom stereocenters. The van der Waals surface area contributed by atoms with Crippen LogP contribution in [0.1, 0.15) is 50.4 Å². The quantitative estimate of drug-likeness (QED) is 0.862. The van der Waals surface area contributed by atoms with E-state index in [1.165, 1.54) is 17.3 Å². The minimum absolute atomic E-state index is 0.163. The molecule has 4 atom stereocenters. The van der Waals surface area contributed by atoms with E-state index in [0.29, 0.717) is 17.4 Å². The second-order valence-corrected chi connectivity index (χ2v) is 6.33. The zero-order valence-corrected chi connectivity index (χ0v) is 13.7. The fourth-order valence-corrected chi connectivity index (χ4v) is 2.89. The summed E-state index contributed by atoms with van der Waals surface area (Å²) in [5, 5.41) is 6.94. The van der Waals surface area contributed by atoms with Crippen LogP contribution >= 0.6 is 0 Å². The van der Waals surface area contributed by atoms with Crippen LogP contribution in [0.25, 0.3) is 0 Å². The van der Waals surface area contributed by atoms with E-state index in [2.05, 4.69) is 24.3 Å². The normalized spacial score (nSPS) is 26.3. The number of hydrogen-bond donors (Lipinski definition) is 1. The smallest absolute Gasteiger partial charge is 0.342 e. The molecule has 1 fully saturated rings. The lowest BCUT2D eigenvalue weighted by molar-refractivity contribution is -0.130. The van der Waals surface area contributed by atoms with E-state index in [4.69, 9.17) is 4.74 Å². The summed E-state index contributed by atoms with van der Waals surface area (Å²) in [6, 6.07) is 0.163. The lowest BCUT2D eigenvalue weighted by Crippen LogP contribution is -2.47. The molecule has 0 aliphatic heterocycles. The van der Waals surface area contributed by atoms with Crippen LogP contribution in [-0.2, 0) is 16.6 Å². The number of carbonyl (C=O) groups is 2. The van der Waals surface area contributed by atoms with Crippen molar-refractivity contribution in [3.63, 3.8) is 0 Å². The number of rotatable bonds is 4. The molecular weight excluding hydrogens is 282 g/mol. The number of nitrogens with zero attached hydrogens (tertiary/aromatic N) is 2. The van der Waals surface area contributed by atoms with Crippen LogP contribution in [0, 0.1) is 11.8 Å². The van der Waals surface area contributed by atoms with Gasteiger partial charge in [0.15, 0.2) is 6.10 Å². The van der Waals surface area contributed by atoms with Gasteiger partial charge in [0.25, 0.3) is 5.91 Å². The van der Waals surface area contributed by atoms with Gasteiger partial charge in [-0.05, 0) is 25.2 Å². The van der Waals surface area contributed by atoms with Crippen LogP contribution in [-0.4, -0.2) is 33.8 Å². The molecule has 1 heterocycles. The van der Waals surface area contributed by atoms with Crippen molar-refractivity contribution in [1.29, 1.82) is 0 Å². The molecular formula is C16H25N3O3. The topological polar surface area (TPSA) is 73.2 Å². The minimum Gasteiger partial charge on any atom is -0.449 e. The first-order valence-corrected chi connectivity index (χ1v) is 7.88. The number of nitrogens with one attached hydrogen (secondary N) is 1. The van der Waals surface area contributed by atoms with Crippen molar-refractivity contribution in [3.05, 3.63) is 18.0 Å². The van der Waals surface area contributed by atoms with Crippen molar-refractivity contribution >= 4 is 11.9 Å². The van der Waals surface area contributed by atoms with E-state index < -0.39 is 12.1 Å². The molecule has 6 nitrogen and oxygen atoms in total. The standard InChI is InChI=1S/C16H25N3O3/c1-10-6-5-7-14(11(10)2)18-15(20)12(3)22-16(21)13-8-17-19(4)9-13/h8-12,14H,5-7H2,1-4H3,(H,18,20)/t10-,11+,12+,14-/m1/s1. The lowest BCUT2D eigenvalue weighted by atomic mass is 9.78. The Balaban J connectivity index is 1.88. The van der Waals surface area contributed by atoms with Crippen molar-refractivity contribution in [2.45, 2.75) is 52.2 Å². The van der Waals surface area contributed by atoms with Crippen molar-refractivity contribution in [1.82, 2.24) is 15.1 Å². The second-order valence-electron chi connectivity index (χ2n) is 6.33. The van der Waals surface area contributed by atoms with Crippen LogP contribution in [0.4, 0.5) is 0 Å². The van der Waals surface area contributed by atoms with E-state index in [0.717, 1.165) is 12.8 Å². The summed E-state index contributed by atoms with van der Waals surface area (Å²) in [5.74, 6) is 0.287. The third kappa shape index (κ3) is 3.87. The van der Waals surface area contributed by atoms with Gasteiger partial charge >= 0.3 is 5.97 Å². The molecule has 2 rings (SSSR count). The van der Waals surface area contributed by atoms with Gasteiger partial charge in [-0.1, -0.05) is 26.7 Å². The van der Waals surface area contributed by atoms with E-state index in [9.17, 15) is 9.59 Å². The Morgan fingerprint density at radius 1 is 1.41 bits per heavy atom. The number of aromatic nitrogens is 2. The summed E-state index contributed by atoms with van der Waals surface area (Å²) in [4.78, 5) is 24.2. The van der Waals surface area contributed by atoms with Crippen LogP contribution in [0.3, 0.4) is 0 Å². The van der Waals surface area contributed by atoms with Gasteiger partial charge in [0.2, 0.25) is 0 Å². The van der Waals surface area contributed by atoms with Crippen LogP contribution < -0.4 is 5.32 Å². The first kappa shape index (κ1) is 16.5. The molecule has 1 saturated carbocycles. The molecule has 6 heteroatoms. The highest BCUT2D eigenvalue weighted by Crippen LogP contribution is 2.29. The van der Waals surface area contributed by atoms with Crippen molar-refractivity contribution < 1.29 is 14.3 Å². The van der Waals surface area contributed by atoms with E-state index in [1.807, 2.05) is 0 Å². The molecule has 122 valence electrons. The average molecular weight is 307 g/mol. The highest BCUT2D eigenvalue weighted by Gasteiger charge is 2.30. The van der Waals surface area contributed by atoms with Gasteiger partial charge in [-0.25, -0.2) is 4.79 Å². The number of aryl methyl sites for hydroxylation is 1. The molecule has 1 N–H and O–H groups in total. The van der Waals surface area contributed by atoms with E-state index in [1.54, 1.807) is 20.2 Å². The minimum atomic E-state index is -0.808. The van der Waals surface area contributed by atoms with E-state index >= 15 is 0 Å². The Labute approximate surface area is 131 Å². The van der Waals surface area contributed by atoms with Crippen LogP contribution in [0.2, 0.25) is 0 Å². The molecule has 1 aliphatic rings. The first-order chi connectivity index (χ1) is 10.4. The highest BCUT2D eigenvalue weighted by molar-refractivity contribution is 5.91. The predicted molar refractivity (Wildman–Crippen MR) is 82.2 cm³/mol. The maximum absolute atomic E-state index is 12.2. The van der Waals surface area contributed by atoms with Gasteiger partial charge in [0, 0.05) is 19.3 Å². The number of carbonyl (C=O) groups excluding carboxylic acids is 2. The van der Waals surface area contributed by atoms with Gasteiger partial charge in [-0.15, -0.1) is 0 Å². The molecule has 0 spiro atoms. The third-order valence-corrected chi connectivity index (χ3v) is 4.63. The Morgan fingerprint density at radius 3 is 2.77 bits per heavy atom.